The number of nitrogens with zero attached hydrogens (tertiary/aromatic N) is 1. The first kappa shape index (κ1) is 11.8. The fraction of sp³-hybridized carbons (Fsp3) is 0.300. The Bertz CT molecular complexity index is 353. The summed E-state index contributed by atoms with van der Waals surface area (Å²) in [4.78, 5) is 12.9. The summed E-state index contributed by atoms with van der Waals surface area (Å²) < 4.78 is 5.02. The number of ether oxygens (including phenoxy) is 1. The van der Waals surface area contributed by atoms with E-state index in [1.165, 1.54) is 0 Å². The van der Waals surface area contributed by atoms with Gasteiger partial charge in [-0.15, -0.1) is 12.4 Å². The Balaban J connectivity index is 0.00000112. The topological polar surface area (TPSA) is 55.6 Å². The molecule has 82 valence electrons. The number of benzene rings is 1. The Kier molecular flexibility index (Phi) is 3.55. The summed E-state index contributed by atoms with van der Waals surface area (Å²) >= 11 is 0. The molecule has 1 unspecified atom stereocenters. The van der Waals surface area contributed by atoms with Crippen LogP contribution in [0.2, 0.25) is 0 Å². The Morgan fingerprint density at radius 1 is 1.40 bits per heavy atom. The summed E-state index contributed by atoms with van der Waals surface area (Å²) in [7, 11) is 1.61. The Morgan fingerprint density at radius 2 is 2.00 bits per heavy atom. The number of β-lactam (4-membered cyclic amide) rings is 1. The fourth-order valence-corrected chi connectivity index (χ4v) is 1.45. The van der Waals surface area contributed by atoms with Crippen molar-refractivity contribution in [1.29, 1.82) is 0 Å². The van der Waals surface area contributed by atoms with Crippen LogP contribution < -0.4 is 15.4 Å². The minimum absolute atomic E-state index is 0. The molecule has 1 fully saturated rings. The van der Waals surface area contributed by atoms with Crippen molar-refractivity contribution in [3.05, 3.63) is 24.3 Å². The van der Waals surface area contributed by atoms with Crippen LogP contribution in [0.3, 0.4) is 0 Å². The molecule has 4 nitrogen and oxygen atoms in total. The van der Waals surface area contributed by atoms with E-state index in [4.69, 9.17) is 10.5 Å². The third-order valence-electron chi connectivity index (χ3n) is 2.35. The van der Waals surface area contributed by atoms with Crippen molar-refractivity contribution in [2.24, 2.45) is 5.73 Å². The molecule has 1 heterocycles. The lowest BCUT2D eigenvalue weighted by Crippen LogP contribution is -2.61. The highest BCUT2D eigenvalue weighted by molar-refractivity contribution is 6.03. The predicted octanol–water partition coefficient (Wildman–Crippen LogP) is 0.791. The molecule has 1 saturated heterocycles. The average Bonchev–Trinajstić information content (AvgIpc) is 2.25. The number of hydrogen-bond donors (Lipinski definition) is 1. The second-order valence-electron chi connectivity index (χ2n) is 3.25. The highest BCUT2D eigenvalue weighted by Crippen LogP contribution is 2.23. The molecular weight excluding hydrogens is 216 g/mol. The van der Waals surface area contributed by atoms with E-state index in [-0.39, 0.29) is 24.4 Å². The van der Waals surface area contributed by atoms with Gasteiger partial charge in [0.25, 0.3) is 0 Å². The number of hydrogen-bond acceptors (Lipinski definition) is 3. The molecule has 0 saturated carbocycles. The molecule has 0 radical (unpaired) electrons. The van der Waals surface area contributed by atoms with Crippen molar-refractivity contribution in [3.63, 3.8) is 0 Å². The van der Waals surface area contributed by atoms with E-state index < -0.39 is 0 Å². The molecule has 2 rings (SSSR count). The largest absolute Gasteiger partial charge is 0.497 e. The normalized spacial score (nSPS) is 19.2. The standard InChI is InChI=1S/C10H12N2O2.ClH/c1-14-8-4-2-7(3-5-8)12-6-9(11)10(12)13;/h2-5,9H,6,11H2,1H3;1H. The van der Waals surface area contributed by atoms with E-state index >= 15 is 0 Å². The SMILES string of the molecule is COc1ccc(N2CC(N)C2=O)cc1.Cl. The van der Waals surface area contributed by atoms with Gasteiger partial charge in [-0.25, -0.2) is 0 Å². The van der Waals surface area contributed by atoms with Gasteiger partial charge in [0.15, 0.2) is 0 Å². The second-order valence-corrected chi connectivity index (χ2v) is 3.25. The zero-order valence-corrected chi connectivity index (χ0v) is 9.16. The quantitative estimate of drug-likeness (QED) is 0.762. The summed E-state index contributed by atoms with van der Waals surface area (Å²) in [6.45, 7) is 0.602. The molecule has 1 aromatic rings. The van der Waals surface area contributed by atoms with E-state index in [2.05, 4.69) is 0 Å². The molecule has 1 aliphatic rings. The first-order valence-electron chi connectivity index (χ1n) is 4.43. The zero-order chi connectivity index (χ0) is 10.1. The van der Waals surface area contributed by atoms with Gasteiger partial charge in [0.2, 0.25) is 5.91 Å². The molecular formula is C10H13ClN2O2. The van der Waals surface area contributed by atoms with Gasteiger partial charge in [0.05, 0.1) is 13.7 Å². The number of halogens is 1. The maximum Gasteiger partial charge on any atom is 0.245 e. The summed E-state index contributed by atoms with van der Waals surface area (Å²) in [5, 5.41) is 0. The van der Waals surface area contributed by atoms with E-state index in [1.54, 1.807) is 12.0 Å². The minimum Gasteiger partial charge on any atom is -0.497 e. The summed E-state index contributed by atoms with van der Waals surface area (Å²) in [6, 6.07) is 7.03. The van der Waals surface area contributed by atoms with Crippen molar-refractivity contribution >= 4 is 24.0 Å². The van der Waals surface area contributed by atoms with Gasteiger partial charge >= 0.3 is 0 Å². The maximum absolute atomic E-state index is 11.3. The molecule has 15 heavy (non-hydrogen) atoms. The lowest BCUT2D eigenvalue weighted by Gasteiger charge is -2.36. The number of carbonyl (C=O) groups excluding carboxylic acids is 1. The zero-order valence-electron chi connectivity index (χ0n) is 8.34. The van der Waals surface area contributed by atoms with Gasteiger partial charge < -0.3 is 15.4 Å². The van der Waals surface area contributed by atoms with Gasteiger partial charge in [-0.2, -0.15) is 0 Å². The second kappa shape index (κ2) is 4.51. The molecule has 1 aromatic carbocycles. The van der Waals surface area contributed by atoms with Crippen LogP contribution in [0.25, 0.3) is 0 Å². The smallest absolute Gasteiger partial charge is 0.245 e. The average molecular weight is 229 g/mol. The number of rotatable bonds is 2. The van der Waals surface area contributed by atoms with Crippen molar-refractivity contribution in [2.75, 3.05) is 18.6 Å². The lowest BCUT2D eigenvalue weighted by atomic mass is 10.1. The summed E-state index contributed by atoms with van der Waals surface area (Å²) in [6.07, 6.45) is 0. The third-order valence-corrected chi connectivity index (χ3v) is 2.35. The molecule has 0 spiro atoms. The number of anilines is 1. The number of carbonyl (C=O) groups is 1. The minimum atomic E-state index is -0.322. The van der Waals surface area contributed by atoms with Crippen molar-refractivity contribution in [2.45, 2.75) is 6.04 Å². The number of amides is 1. The van der Waals surface area contributed by atoms with Crippen LogP contribution in [0.4, 0.5) is 5.69 Å². The number of methoxy groups -OCH3 is 1. The van der Waals surface area contributed by atoms with Gasteiger partial charge in [-0.3, -0.25) is 4.79 Å². The van der Waals surface area contributed by atoms with Gasteiger partial charge in [0.1, 0.15) is 11.8 Å². The van der Waals surface area contributed by atoms with Crippen molar-refractivity contribution < 1.29 is 9.53 Å². The van der Waals surface area contributed by atoms with Crippen LogP contribution in [0.1, 0.15) is 0 Å². The van der Waals surface area contributed by atoms with Crippen molar-refractivity contribution in [1.82, 2.24) is 0 Å². The van der Waals surface area contributed by atoms with Crippen LogP contribution in [0.15, 0.2) is 24.3 Å². The monoisotopic (exact) mass is 228 g/mol. The van der Waals surface area contributed by atoms with Crippen LogP contribution in [0.5, 0.6) is 5.75 Å². The molecule has 0 bridgehead atoms. The van der Waals surface area contributed by atoms with Gasteiger partial charge in [-0.1, -0.05) is 0 Å². The predicted molar refractivity (Wildman–Crippen MR) is 60.6 cm³/mol. The first-order chi connectivity index (χ1) is 6.72. The fourth-order valence-electron chi connectivity index (χ4n) is 1.45. The Morgan fingerprint density at radius 3 is 2.40 bits per heavy atom. The van der Waals surface area contributed by atoms with Crippen LogP contribution in [0, 0.1) is 0 Å². The molecule has 1 aliphatic heterocycles. The molecule has 5 heteroatoms. The van der Waals surface area contributed by atoms with E-state index in [9.17, 15) is 4.79 Å². The highest BCUT2D eigenvalue weighted by Gasteiger charge is 2.34. The molecule has 1 atom stereocenters. The molecule has 0 aliphatic carbocycles. The Labute approximate surface area is 94.4 Å². The van der Waals surface area contributed by atoms with Crippen LogP contribution in [-0.2, 0) is 4.79 Å². The molecule has 2 N–H and O–H groups in total. The Hall–Kier alpha value is -1.26. The maximum atomic E-state index is 11.3. The highest BCUT2D eigenvalue weighted by atomic mass is 35.5. The number of nitrogens with two attached hydrogens (primary N) is 1. The van der Waals surface area contributed by atoms with E-state index in [1.807, 2.05) is 24.3 Å². The van der Waals surface area contributed by atoms with Gasteiger partial charge in [0, 0.05) is 5.69 Å². The summed E-state index contributed by atoms with van der Waals surface area (Å²) in [5.41, 5.74) is 6.36. The van der Waals surface area contributed by atoms with E-state index in [0.717, 1.165) is 11.4 Å². The first-order valence-corrected chi connectivity index (χ1v) is 4.43. The van der Waals surface area contributed by atoms with Crippen molar-refractivity contribution in [3.8, 4) is 5.75 Å². The molecule has 0 aromatic heterocycles. The third kappa shape index (κ3) is 2.06. The van der Waals surface area contributed by atoms with Crippen LogP contribution in [-0.4, -0.2) is 25.6 Å². The lowest BCUT2D eigenvalue weighted by molar-refractivity contribution is -0.123. The van der Waals surface area contributed by atoms with Crippen LogP contribution >= 0.6 is 12.4 Å². The summed E-state index contributed by atoms with van der Waals surface area (Å²) in [5.74, 6) is 0.765. The molecule has 1 amide bonds. The van der Waals surface area contributed by atoms with Gasteiger partial charge in [-0.05, 0) is 24.3 Å². The van der Waals surface area contributed by atoms with E-state index in [0.29, 0.717) is 6.54 Å².